The van der Waals surface area contributed by atoms with E-state index in [0.717, 1.165) is 16.5 Å². The summed E-state index contributed by atoms with van der Waals surface area (Å²) >= 11 is 3.36. The lowest BCUT2D eigenvalue weighted by atomic mass is 10.1. The lowest BCUT2D eigenvalue weighted by Crippen LogP contribution is -2.00. The normalized spacial score (nSPS) is 11.0. The van der Waals surface area contributed by atoms with Crippen LogP contribution in [-0.2, 0) is 6.54 Å². The highest BCUT2D eigenvalue weighted by Gasteiger charge is 2.08. The van der Waals surface area contributed by atoms with Gasteiger partial charge in [0.25, 0.3) is 0 Å². The van der Waals surface area contributed by atoms with Gasteiger partial charge in [-0.15, -0.1) is 0 Å². The lowest BCUT2D eigenvalue weighted by Gasteiger charge is -2.08. The minimum absolute atomic E-state index is 0.267. The number of aromatic carboxylic acids is 1. The fourth-order valence-corrected chi connectivity index (χ4v) is 2.78. The summed E-state index contributed by atoms with van der Waals surface area (Å²) in [4.78, 5) is 11.0. The van der Waals surface area contributed by atoms with Gasteiger partial charge in [0.1, 0.15) is 5.82 Å². The summed E-state index contributed by atoms with van der Waals surface area (Å²) < 4.78 is 15.8. The predicted octanol–water partition coefficient (Wildman–Crippen LogP) is 4.29. The quantitative estimate of drug-likeness (QED) is 0.767. The summed E-state index contributed by atoms with van der Waals surface area (Å²) in [6.07, 6.45) is 1.89. The Bertz CT molecular complexity index is 841. The monoisotopic (exact) mass is 347 g/mol. The smallest absolute Gasteiger partial charge is 0.335 e. The molecule has 0 fully saturated rings. The number of aromatic nitrogens is 1. The van der Waals surface area contributed by atoms with Gasteiger partial charge in [0, 0.05) is 28.1 Å². The molecule has 0 saturated carbocycles. The first kappa shape index (κ1) is 13.8. The van der Waals surface area contributed by atoms with E-state index in [1.165, 1.54) is 12.1 Å². The molecule has 0 amide bonds. The number of hydrogen-bond acceptors (Lipinski definition) is 1. The molecule has 0 aliphatic heterocycles. The van der Waals surface area contributed by atoms with Gasteiger partial charge >= 0.3 is 5.97 Å². The van der Waals surface area contributed by atoms with Crippen molar-refractivity contribution >= 4 is 32.8 Å². The fourth-order valence-electron chi connectivity index (χ4n) is 2.30. The van der Waals surface area contributed by atoms with Crippen molar-refractivity contribution in [3.63, 3.8) is 0 Å². The van der Waals surface area contributed by atoms with Crippen molar-refractivity contribution in [1.82, 2.24) is 4.57 Å². The summed E-state index contributed by atoms with van der Waals surface area (Å²) in [5.74, 6) is -1.22. The second kappa shape index (κ2) is 5.33. The Kier molecular flexibility index (Phi) is 3.51. The van der Waals surface area contributed by atoms with Crippen LogP contribution in [-0.4, -0.2) is 15.6 Å². The average molecular weight is 348 g/mol. The zero-order valence-corrected chi connectivity index (χ0v) is 12.5. The van der Waals surface area contributed by atoms with Crippen LogP contribution in [0.2, 0.25) is 0 Å². The van der Waals surface area contributed by atoms with Gasteiger partial charge in [-0.3, -0.25) is 0 Å². The molecular weight excluding hydrogens is 337 g/mol. The number of benzene rings is 2. The molecule has 2 aromatic carbocycles. The van der Waals surface area contributed by atoms with Crippen LogP contribution in [0.3, 0.4) is 0 Å². The van der Waals surface area contributed by atoms with Gasteiger partial charge in [-0.1, -0.05) is 22.0 Å². The highest BCUT2D eigenvalue weighted by atomic mass is 79.9. The van der Waals surface area contributed by atoms with Gasteiger partial charge in [-0.25, -0.2) is 9.18 Å². The van der Waals surface area contributed by atoms with Gasteiger partial charge in [0.15, 0.2) is 0 Å². The second-order valence-electron chi connectivity index (χ2n) is 4.76. The zero-order chi connectivity index (χ0) is 15.0. The maximum atomic E-state index is 13.1. The van der Waals surface area contributed by atoms with Gasteiger partial charge in [0.05, 0.1) is 5.56 Å². The van der Waals surface area contributed by atoms with Crippen molar-refractivity contribution in [2.24, 2.45) is 0 Å². The largest absolute Gasteiger partial charge is 0.478 e. The Hall–Kier alpha value is -2.14. The molecule has 1 aromatic heterocycles. The van der Waals surface area contributed by atoms with Crippen molar-refractivity contribution in [3.8, 4) is 0 Å². The van der Waals surface area contributed by atoms with Crippen LogP contribution < -0.4 is 0 Å². The van der Waals surface area contributed by atoms with Gasteiger partial charge in [0.2, 0.25) is 0 Å². The Balaban J connectivity index is 1.99. The van der Waals surface area contributed by atoms with E-state index >= 15 is 0 Å². The Morgan fingerprint density at radius 3 is 2.71 bits per heavy atom. The van der Waals surface area contributed by atoms with Crippen LogP contribution in [0.25, 0.3) is 10.9 Å². The topological polar surface area (TPSA) is 42.2 Å². The number of nitrogens with zero attached hydrogens (tertiary/aromatic N) is 1. The molecule has 0 bridgehead atoms. The van der Waals surface area contributed by atoms with Crippen molar-refractivity contribution in [2.45, 2.75) is 6.54 Å². The molecule has 0 atom stereocenters. The van der Waals surface area contributed by atoms with Crippen molar-refractivity contribution in [1.29, 1.82) is 0 Å². The third-order valence-electron chi connectivity index (χ3n) is 3.37. The van der Waals surface area contributed by atoms with Crippen molar-refractivity contribution < 1.29 is 14.3 Å². The molecule has 3 nitrogen and oxygen atoms in total. The highest BCUT2D eigenvalue weighted by Crippen LogP contribution is 2.23. The highest BCUT2D eigenvalue weighted by molar-refractivity contribution is 9.10. The van der Waals surface area contributed by atoms with E-state index in [-0.39, 0.29) is 11.4 Å². The lowest BCUT2D eigenvalue weighted by molar-refractivity contribution is 0.0697. The molecule has 0 saturated heterocycles. The average Bonchev–Trinajstić information content (AvgIpc) is 2.84. The van der Waals surface area contributed by atoms with Crippen LogP contribution in [0, 0.1) is 5.82 Å². The molecule has 5 heteroatoms. The van der Waals surface area contributed by atoms with Gasteiger partial charge in [-0.05, 0) is 42.0 Å². The van der Waals surface area contributed by atoms with Crippen molar-refractivity contribution in [2.75, 3.05) is 0 Å². The van der Waals surface area contributed by atoms with E-state index in [1.807, 2.05) is 16.8 Å². The van der Waals surface area contributed by atoms with Crippen molar-refractivity contribution in [3.05, 3.63) is 70.1 Å². The third kappa shape index (κ3) is 2.69. The van der Waals surface area contributed by atoms with Gasteiger partial charge in [-0.2, -0.15) is 0 Å². The first-order chi connectivity index (χ1) is 10.0. The van der Waals surface area contributed by atoms with E-state index in [4.69, 9.17) is 5.11 Å². The molecule has 3 aromatic rings. The summed E-state index contributed by atoms with van der Waals surface area (Å²) in [6.45, 7) is 0.580. The Morgan fingerprint density at radius 1 is 1.19 bits per heavy atom. The van der Waals surface area contributed by atoms with Crippen LogP contribution >= 0.6 is 15.9 Å². The number of carbonyl (C=O) groups is 1. The molecule has 0 aliphatic rings. The number of carboxylic acids is 1. The maximum Gasteiger partial charge on any atom is 0.335 e. The minimum Gasteiger partial charge on any atom is -0.478 e. The number of hydrogen-bond donors (Lipinski definition) is 1. The van der Waals surface area contributed by atoms with E-state index < -0.39 is 5.97 Å². The SMILES string of the molecule is O=C(O)c1ccc2c(ccn2Cc2ccc(F)cc2Br)c1. The van der Waals surface area contributed by atoms with E-state index in [0.29, 0.717) is 11.0 Å². The molecular formula is C16H11BrFNO2. The molecule has 1 N–H and O–H groups in total. The summed E-state index contributed by atoms with van der Waals surface area (Å²) in [5, 5.41) is 9.87. The standard InChI is InChI=1S/C16H11BrFNO2/c17-14-8-13(18)3-1-12(14)9-19-6-5-10-7-11(16(20)21)2-4-15(10)19/h1-8H,9H2,(H,20,21). The summed E-state index contributed by atoms with van der Waals surface area (Å²) in [7, 11) is 0. The van der Waals surface area contributed by atoms with Crippen LogP contribution in [0.15, 0.2) is 53.1 Å². The predicted molar refractivity (Wildman–Crippen MR) is 82.1 cm³/mol. The van der Waals surface area contributed by atoms with Crippen LogP contribution in [0.1, 0.15) is 15.9 Å². The Labute approximate surface area is 128 Å². The van der Waals surface area contributed by atoms with Gasteiger partial charge < -0.3 is 9.67 Å². The molecule has 106 valence electrons. The van der Waals surface area contributed by atoms with E-state index in [9.17, 15) is 9.18 Å². The molecule has 0 aliphatic carbocycles. The molecule has 21 heavy (non-hydrogen) atoms. The molecule has 0 spiro atoms. The second-order valence-corrected chi connectivity index (χ2v) is 5.61. The summed E-state index contributed by atoms with van der Waals surface area (Å²) in [6, 6.07) is 11.5. The number of carboxylic acid groups (broad SMARTS) is 1. The molecule has 3 rings (SSSR count). The number of fused-ring (bicyclic) bond motifs is 1. The van der Waals surface area contributed by atoms with Crippen LogP contribution in [0.4, 0.5) is 4.39 Å². The Morgan fingerprint density at radius 2 is 2.00 bits per heavy atom. The summed E-state index contributed by atoms with van der Waals surface area (Å²) in [5.41, 5.74) is 2.16. The van der Waals surface area contributed by atoms with E-state index in [1.54, 1.807) is 24.3 Å². The third-order valence-corrected chi connectivity index (χ3v) is 4.11. The first-order valence-corrected chi connectivity index (χ1v) is 7.10. The number of halogens is 2. The number of rotatable bonds is 3. The molecule has 0 unspecified atom stereocenters. The zero-order valence-electron chi connectivity index (χ0n) is 10.9. The molecule has 1 heterocycles. The molecule has 0 radical (unpaired) electrons. The maximum absolute atomic E-state index is 13.1. The first-order valence-electron chi connectivity index (χ1n) is 6.31. The minimum atomic E-state index is -0.939. The fraction of sp³-hybridized carbons (Fsp3) is 0.0625. The van der Waals surface area contributed by atoms with Crippen LogP contribution in [0.5, 0.6) is 0 Å². The van der Waals surface area contributed by atoms with E-state index in [2.05, 4.69) is 15.9 Å².